The van der Waals surface area contributed by atoms with Crippen LogP contribution in [0.5, 0.6) is 0 Å². The molecular weight excluding hydrogens is 270 g/mol. The van der Waals surface area contributed by atoms with Crippen LogP contribution in [0, 0.1) is 12.3 Å². The Morgan fingerprint density at radius 2 is 2.05 bits per heavy atom. The van der Waals surface area contributed by atoms with Crippen molar-refractivity contribution in [3.63, 3.8) is 0 Å². The van der Waals surface area contributed by atoms with E-state index in [-0.39, 0.29) is 5.56 Å². The largest absolute Gasteiger partial charge is 0.481 e. The lowest BCUT2D eigenvalue weighted by Gasteiger charge is -2.18. The topological polar surface area (TPSA) is 76.6 Å². The average molecular weight is 291 g/mol. The van der Waals surface area contributed by atoms with E-state index in [9.17, 15) is 9.59 Å². The Balaban J connectivity index is 2.00. The molecule has 0 unspecified atom stereocenters. The molecule has 0 amide bonds. The summed E-state index contributed by atoms with van der Waals surface area (Å²) in [5.74, 6) is -0.782. The van der Waals surface area contributed by atoms with Gasteiger partial charge in [0, 0.05) is 18.9 Å². The second kappa shape index (κ2) is 5.71. The van der Waals surface area contributed by atoms with Crippen LogP contribution in [-0.4, -0.2) is 25.3 Å². The Hall–Kier alpha value is -2.11. The van der Waals surface area contributed by atoms with E-state index in [0.29, 0.717) is 18.5 Å². The Morgan fingerprint density at radius 1 is 1.33 bits per heavy atom. The molecule has 0 aromatic carbocycles. The minimum atomic E-state index is -0.782. The molecule has 21 heavy (non-hydrogen) atoms. The van der Waals surface area contributed by atoms with E-state index in [1.807, 2.05) is 6.92 Å². The van der Waals surface area contributed by atoms with Crippen LogP contribution >= 0.6 is 0 Å². The van der Waals surface area contributed by atoms with Crippen molar-refractivity contribution >= 4 is 11.5 Å². The predicted molar refractivity (Wildman–Crippen MR) is 79.5 cm³/mol. The third-order valence-corrected chi connectivity index (χ3v) is 3.76. The Morgan fingerprint density at radius 3 is 2.71 bits per heavy atom. The number of carbonyl (C=O) groups is 1. The molecule has 1 N–H and O–H groups in total. The van der Waals surface area contributed by atoms with Gasteiger partial charge in [-0.25, -0.2) is 4.52 Å². The summed E-state index contributed by atoms with van der Waals surface area (Å²) in [7, 11) is 0. The van der Waals surface area contributed by atoms with E-state index in [1.165, 1.54) is 0 Å². The molecule has 0 aliphatic rings. The van der Waals surface area contributed by atoms with Gasteiger partial charge in [0.1, 0.15) is 5.52 Å². The molecule has 2 rings (SSSR count). The van der Waals surface area contributed by atoms with Crippen LogP contribution in [0.15, 0.2) is 23.3 Å². The summed E-state index contributed by atoms with van der Waals surface area (Å²) in [6.07, 6.45) is 5.65. The molecular formula is C15H21N3O3. The van der Waals surface area contributed by atoms with Gasteiger partial charge in [-0.15, -0.1) is 0 Å². The molecule has 0 radical (unpaired) electrons. The summed E-state index contributed by atoms with van der Waals surface area (Å²) in [5.41, 5.74) is 0.613. The molecule has 2 aromatic rings. The molecule has 0 bridgehead atoms. The van der Waals surface area contributed by atoms with E-state index >= 15 is 0 Å². The first-order valence-corrected chi connectivity index (χ1v) is 7.10. The highest BCUT2D eigenvalue weighted by Crippen LogP contribution is 2.23. The first kappa shape index (κ1) is 15.3. The molecule has 0 spiro atoms. The van der Waals surface area contributed by atoms with E-state index in [0.717, 1.165) is 18.5 Å². The third kappa shape index (κ3) is 3.32. The van der Waals surface area contributed by atoms with E-state index in [4.69, 9.17) is 5.11 Å². The van der Waals surface area contributed by atoms with E-state index in [2.05, 4.69) is 5.10 Å². The maximum Gasteiger partial charge on any atom is 0.309 e. The number of aromatic nitrogens is 3. The van der Waals surface area contributed by atoms with Gasteiger partial charge >= 0.3 is 5.97 Å². The van der Waals surface area contributed by atoms with Gasteiger partial charge in [-0.3, -0.25) is 9.59 Å². The number of carboxylic acid groups (broad SMARTS) is 1. The summed E-state index contributed by atoms with van der Waals surface area (Å²) in [6, 6.07) is 1.77. The summed E-state index contributed by atoms with van der Waals surface area (Å²) < 4.78 is 3.24. The highest BCUT2D eigenvalue weighted by atomic mass is 16.4. The van der Waals surface area contributed by atoms with E-state index in [1.54, 1.807) is 41.4 Å². The van der Waals surface area contributed by atoms with Gasteiger partial charge in [0.15, 0.2) is 0 Å². The second-order valence-electron chi connectivity index (χ2n) is 6.06. The smallest absolute Gasteiger partial charge is 0.309 e. The van der Waals surface area contributed by atoms with Gasteiger partial charge in [0.2, 0.25) is 0 Å². The van der Waals surface area contributed by atoms with Crippen molar-refractivity contribution in [2.24, 2.45) is 5.41 Å². The summed E-state index contributed by atoms with van der Waals surface area (Å²) >= 11 is 0. The molecule has 6 nitrogen and oxygen atoms in total. The SMILES string of the molecule is Cc1cc2c(=O)n(CCCCC(C)(C)C(=O)O)ccn2n1. The number of hydrogen-bond acceptors (Lipinski definition) is 3. The number of aryl methyl sites for hydroxylation is 2. The fraction of sp³-hybridized carbons (Fsp3) is 0.533. The normalized spacial score (nSPS) is 12.0. The van der Waals surface area contributed by atoms with Gasteiger partial charge < -0.3 is 9.67 Å². The second-order valence-corrected chi connectivity index (χ2v) is 6.06. The average Bonchev–Trinajstić information content (AvgIpc) is 2.78. The Bertz CT molecular complexity index is 713. The highest BCUT2D eigenvalue weighted by molar-refractivity contribution is 5.73. The van der Waals surface area contributed by atoms with Crippen LogP contribution in [0.1, 0.15) is 38.8 Å². The van der Waals surface area contributed by atoms with Crippen LogP contribution in [0.4, 0.5) is 0 Å². The molecule has 0 atom stereocenters. The molecule has 114 valence electrons. The minimum Gasteiger partial charge on any atom is -0.481 e. The first-order valence-electron chi connectivity index (χ1n) is 7.10. The zero-order valence-electron chi connectivity index (χ0n) is 12.7. The molecule has 0 fully saturated rings. The Labute approximate surface area is 123 Å². The van der Waals surface area contributed by atoms with Crippen molar-refractivity contribution in [1.29, 1.82) is 0 Å². The number of aliphatic carboxylic acids is 1. The fourth-order valence-corrected chi connectivity index (χ4v) is 2.28. The molecule has 6 heteroatoms. The van der Waals surface area contributed by atoms with Crippen LogP contribution in [-0.2, 0) is 11.3 Å². The molecule has 0 aliphatic heterocycles. The van der Waals surface area contributed by atoms with Crippen molar-refractivity contribution in [3.8, 4) is 0 Å². The van der Waals surface area contributed by atoms with Crippen molar-refractivity contribution in [3.05, 3.63) is 34.5 Å². The number of nitrogens with zero attached hydrogens (tertiary/aromatic N) is 3. The number of hydrogen-bond donors (Lipinski definition) is 1. The molecule has 0 saturated carbocycles. The maximum absolute atomic E-state index is 12.2. The lowest BCUT2D eigenvalue weighted by molar-refractivity contribution is -0.147. The lowest BCUT2D eigenvalue weighted by atomic mass is 9.87. The molecule has 2 heterocycles. The van der Waals surface area contributed by atoms with Crippen LogP contribution < -0.4 is 5.56 Å². The summed E-state index contributed by atoms with van der Waals surface area (Å²) in [6.45, 7) is 5.89. The van der Waals surface area contributed by atoms with Gasteiger partial charge in [-0.2, -0.15) is 5.10 Å². The van der Waals surface area contributed by atoms with Crippen LogP contribution in [0.25, 0.3) is 5.52 Å². The van der Waals surface area contributed by atoms with Crippen molar-refractivity contribution in [2.75, 3.05) is 0 Å². The molecule has 0 aliphatic carbocycles. The van der Waals surface area contributed by atoms with Crippen LogP contribution in [0.3, 0.4) is 0 Å². The summed E-state index contributed by atoms with van der Waals surface area (Å²) in [4.78, 5) is 23.3. The van der Waals surface area contributed by atoms with Crippen LogP contribution in [0.2, 0.25) is 0 Å². The Kier molecular flexibility index (Phi) is 4.16. The standard InChI is InChI=1S/C15H21N3O3/c1-11-10-12-13(19)17(8-9-18(12)16-11)7-5-4-6-15(2,3)14(20)21/h8-10H,4-7H2,1-3H3,(H,20,21). The predicted octanol–water partition coefficient (Wildman–Crippen LogP) is 2.09. The third-order valence-electron chi connectivity index (χ3n) is 3.76. The summed E-state index contributed by atoms with van der Waals surface area (Å²) in [5, 5.41) is 13.3. The number of rotatable bonds is 6. The first-order chi connectivity index (χ1) is 9.81. The minimum absolute atomic E-state index is 0.0596. The lowest BCUT2D eigenvalue weighted by Crippen LogP contribution is -2.24. The number of carboxylic acids is 1. The highest BCUT2D eigenvalue weighted by Gasteiger charge is 2.25. The number of fused-ring (bicyclic) bond motifs is 1. The van der Waals surface area contributed by atoms with Crippen molar-refractivity contribution in [2.45, 2.75) is 46.6 Å². The van der Waals surface area contributed by atoms with Crippen molar-refractivity contribution < 1.29 is 9.90 Å². The van der Waals surface area contributed by atoms with E-state index < -0.39 is 11.4 Å². The maximum atomic E-state index is 12.2. The molecule has 2 aromatic heterocycles. The zero-order valence-corrected chi connectivity index (χ0v) is 12.7. The van der Waals surface area contributed by atoms with Gasteiger partial charge in [-0.05, 0) is 39.7 Å². The van der Waals surface area contributed by atoms with Crippen molar-refractivity contribution in [1.82, 2.24) is 14.2 Å². The monoisotopic (exact) mass is 291 g/mol. The fourth-order valence-electron chi connectivity index (χ4n) is 2.28. The zero-order chi connectivity index (χ0) is 15.6. The van der Waals surface area contributed by atoms with Gasteiger partial charge in [0.05, 0.1) is 11.1 Å². The quantitative estimate of drug-likeness (QED) is 0.827. The molecule has 0 saturated heterocycles. The number of unbranched alkanes of at least 4 members (excludes halogenated alkanes) is 1. The van der Waals surface area contributed by atoms with Gasteiger partial charge in [-0.1, -0.05) is 6.42 Å². The van der Waals surface area contributed by atoms with Gasteiger partial charge in [0.25, 0.3) is 5.56 Å².